The van der Waals surface area contributed by atoms with Crippen molar-refractivity contribution in [3.8, 4) is 0 Å². The van der Waals surface area contributed by atoms with E-state index in [9.17, 15) is 0 Å². The highest BCUT2D eigenvalue weighted by Crippen LogP contribution is 2.20. The Kier molecular flexibility index (Phi) is 5.18. The van der Waals surface area contributed by atoms with E-state index in [-0.39, 0.29) is 0 Å². The maximum Gasteiger partial charge on any atom is 0.244 e. The summed E-state index contributed by atoms with van der Waals surface area (Å²) in [5, 5.41) is 14.8. The Balaban J connectivity index is 1.50. The number of nitrogens with one attached hydrogen (secondary N) is 2. The first-order valence-electron chi connectivity index (χ1n) is 8.14. The Labute approximate surface area is 131 Å². The van der Waals surface area contributed by atoms with Crippen molar-refractivity contribution < 1.29 is 0 Å². The van der Waals surface area contributed by atoms with Gasteiger partial charge in [-0.2, -0.15) is 10.1 Å². The van der Waals surface area contributed by atoms with Crippen molar-refractivity contribution in [2.45, 2.75) is 44.6 Å². The molecular weight excluding hydrogens is 274 g/mol. The van der Waals surface area contributed by atoms with Crippen LogP contribution in [0.15, 0.2) is 36.5 Å². The van der Waals surface area contributed by atoms with Crippen LogP contribution in [0, 0.1) is 0 Å². The molecule has 1 aromatic heterocycles. The van der Waals surface area contributed by atoms with Crippen LogP contribution in [0.2, 0.25) is 0 Å². The zero-order valence-electron chi connectivity index (χ0n) is 12.8. The summed E-state index contributed by atoms with van der Waals surface area (Å²) in [7, 11) is 0. The molecule has 1 fully saturated rings. The molecule has 22 heavy (non-hydrogen) atoms. The summed E-state index contributed by atoms with van der Waals surface area (Å²) < 4.78 is 0. The third-order valence-corrected chi connectivity index (χ3v) is 4.06. The van der Waals surface area contributed by atoms with Gasteiger partial charge in [-0.1, -0.05) is 49.6 Å². The molecule has 5 heteroatoms. The topological polar surface area (TPSA) is 62.7 Å². The van der Waals surface area contributed by atoms with Gasteiger partial charge in [0.1, 0.15) is 0 Å². The highest BCUT2D eigenvalue weighted by Gasteiger charge is 2.14. The molecule has 1 aliphatic rings. The molecule has 3 rings (SSSR count). The molecule has 1 heterocycles. The molecule has 116 valence electrons. The average Bonchev–Trinajstić information content (AvgIpc) is 2.57. The van der Waals surface area contributed by atoms with Gasteiger partial charge in [0.2, 0.25) is 5.95 Å². The van der Waals surface area contributed by atoms with Gasteiger partial charge in [-0.05, 0) is 24.8 Å². The fourth-order valence-electron chi connectivity index (χ4n) is 2.86. The standard InChI is InChI=1S/C17H23N5/c1-3-7-14(8-4-1)11-12-18-16-13-19-22-17(21-16)20-15-9-5-2-6-10-15/h1,3-4,7-8,13,15H,2,5-6,9-12H2,(H2,18,20,21,22). The normalized spacial score (nSPS) is 15.5. The quantitative estimate of drug-likeness (QED) is 0.857. The summed E-state index contributed by atoms with van der Waals surface area (Å²) in [6.07, 6.45) is 8.98. The summed E-state index contributed by atoms with van der Waals surface area (Å²) in [4.78, 5) is 4.50. The molecule has 2 aromatic rings. The van der Waals surface area contributed by atoms with E-state index in [0.717, 1.165) is 18.8 Å². The van der Waals surface area contributed by atoms with Crippen LogP contribution in [0.3, 0.4) is 0 Å². The molecular formula is C17H23N5. The molecule has 5 nitrogen and oxygen atoms in total. The van der Waals surface area contributed by atoms with Crippen LogP contribution in [0.1, 0.15) is 37.7 Å². The van der Waals surface area contributed by atoms with E-state index < -0.39 is 0 Å². The molecule has 0 aliphatic heterocycles. The molecule has 0 unspecified atom stereocenters. The lowest BCUT2D eigenvalue weighted by molar-refractivity contribution is 0.460. The number of rotatable bonds is 6. The summed E-state index contributed by atoms with van der Waals surface area (Å²) >= 11 is 0. The molecule has 0 radical (unpaired) electrons. The second-order valence-corrected chi connectivity index (χ2v) is 5.81. The summed E-state index contributed by atoms with van der Waals surface area (Å²) in [6.45, 7) is 0.839. The van der Waals surface area contributed by atoms with Crippen LogP contribution in [0.25, 0.3) is 0 Å². The van der Waals surface area contributed by atoms with Crippen LogP contribution in [-0.4, -0.2) is 27.8 Å². The van der Waals surface area contributed by atoms with Gasteiger partial charge in [0.05, 0.1) is 6.20 Å². The van der Waals surface area contributed by atoms with Gasteiger partial charge < -0.3 is 10.6 Å². The maximum atomic E-state index is 4.50. The van der Waals surface area contributed by atoms with Gasteiger partial charge in [0.25, 0.3) is 0 Å². The van der Waals surface area contributed by atoms with Crippen molar-refractivity contribution in [3.05, 3.63) is 42.1 Å². The molecule has 0 saturated heterocycles. The molecule has 0 bridgehead atoms. The van der Waals surface area contributed by atoms with E-state index in [1.807, 2.05) is 6.07 Å². The number of benzene rings is 1. The Morgan fingerprint density at radius 3 is 2.68 bits per heavy atom. The summed E-state index contributed by atoms with van der Waals surface area (Å²) in [6, 6.07) is 10.9. The predicted octanol–water partition coefficient (Wildman–Crippen LogP) is 3.27. The number of anilines is 2. The Bertz CT molecular complexity index is 566. The first-order chi connectivity index (χ1) is 10.9. The zero-order valence-corrected chi connectivity index (χ0v) is 12.8. The van der Waals surface area contributed by atoms with E-state index in [4.69, 9.17) is 0 Å². The lowest BCUT2D eigenvalue weighted by atomic mass is 9.96. The van der Waals surface area contributed by atoms with Crippen LogP contribution >= 0.6 is 0 Å². The molecule has 1 aliphatic carbocycles. The third kappa shape index (κ3) is 4.41. The monoisotopic (exact) mass is 297 g/mol. The van der Waals surface area contributed by atoms with E-state index in [1.54, 1.807) is 6.20 Å². The summed E-state index contributed by atoms with van der Waals surface area (Å²) in [5.74, 6) is 1.42. The molecule has 0 atom stereocenters. The van der Waals surface area contributed by atoms with Gasteiger partial charge in [0.15, 0.2) is 5.82 Å². The first kappa shape index (κ1) is 14.8. The Hall–Kier alpha value is -2.17. The van der Waals surface area contributed by atoms with E-state index in [1.165, 1.54) is 37.7 Å². The minimum atomic E-state index is 0.495. The van der Waals surface area contributed by atoms with Gasteiger partial charge in [-0.3, -0.25) is 0 Å². The van der Waals surface area contributed by atoms with Gasteiger partial charge in [0, 0.05) is 12.6 Å². The lowest BCUT2D eigenvalue weighted by Crippen LogP contribution is -2.24. The predicted molar refractivity (Wildman–Crippen MR) is 89.0 cm³/mol. The highest BCUT2D eigenvalue weighted by molar-refractivity contribution is 5.37. The third-order valence-electron chi connectivity index (χ3n) is 4.06. The largest absolute Gasteiger partial charge is 0.368 e. The van der Waals surface area contributed by atoms with Crippen molar-refractivity contribution >= 4 is 11.8 Å². The Morgan fingerprint density at radius 1 is 1.05 bits per heavy atom. The van der Waals surface area contributed by atoms with Crippen molar-refractivity contribution in [1.82, 2.24) is 15.2 Å². The fourth-order valence-corrected chi connectivity index (χ4v) is 2.86. The molecule has 0 amide bonds. The van der Waals surface area contributed by atoms with Crippen LogP contribution < -0.4 is 10.6 Å². The van der Waals surface area contributed by atoms with Crippen molar-refractivity contribution in [1.29, 1.82) is 0 Å². The van der Waals surface area contributed by atoms with Crippen molar-refractivity contribution in [2.24, 2.45) is 0 Å². The molecule has 1 aromatic carbocycles. The Morgan fingerprint density at radius 2 is 1.86 bits per heavy atom. The first-order valence-corrected chi connectivity index (χ1v) is 8.14. The second-order valence-electron chi connectivity index (χ2n) is 5.81. The maximum absolute atomic E-state index is 4.50. The van der Waals surface area contributed by atoms with E-state index >= 15 is 0 Å². The number of aromatic nitrogens is 3. The second kappa shape index (κ2) is 7.73. The van der Waals surface area contributed by atoms with Crippen LogP contribution in [0.5, 0.6) is 0 Å². The van der Waals surface area contributed by atoms with Gasteiger partial charge in [-0.15, -0.1) is 5.10 Å². The van der Waals surface area contributed by atoms with Gasteiger partial charge in [-0.25, -0.2) is 0 Å². The minimum absolute atomic E-state index is 0.495. The molecule has 2 N–H and O–H groups in total. The van der Waals surface area contributed by atoms with E-state index in [0.29, 0.717) is 12.0 Å². The number of hydrogen-bond acceptors (Lipinski definition) is 5. The number of hydrogen-bond donors (Lipinski definition) is 2. The molecule has 0 spiro atoms. The van der Waals surface area contributed by atoms with Crippen LogP contribution in [0.4, 0.5) is 11.8 Å². The fraction of sp³-hybridized carbons (Fsp3) is 0.471. The smallest absolute Gasteiger partial charge is 0.244 e. The van der Waals surface area contributed by atoms with Crippen LogP contribution in [-0.2, 0) is 6.42 Å². The molecule has 1 saturated carbocycles. The minimum Gasteiger partial charge on any atom is -0.368 e. The van der Waals surface area contributed by atoms with E-state index in [2.05, 4.69) is 50.1 Å². The van der Waals surface area contributed by atoms with Crippen molar-refractivity contribution in [2.75, 3.05) is 17.2 Å². The SMILES string of the molecule is c1ccc(CCNc2cnnc(NC3CCCCC3)n2)cc1. The summed E-state index contributed by atoms with van der Waals surface area (Å²) in [5.41, 5.74) is 1.32. The lowest BCUT2D eigenvalue weighted by Gasteiger charge is -2.22. The zero-order chi connectivity index (χ0) is 15.0. The van der Waals surface area contributed by atoms with Crippen molar-refractivity contribution in [3.63, 3.8) is 0 Å². The van der Waals surface area contributed by atoms with Gasteiger partial charge >= 0.3 is 0 Å². The number of nitrogens with zero attached hydrogens (tertiary/aromatic N) is 3. The average molecular weight is 297 g/mol. The highest BCUT2D eigenvalue weighted by atomic mass is 15.3.